The number of aryl methyl sites for hydroxylation is 1. The molecule has 3 aromatic rings. The van der Waals surface area contributed by atoms with Crippen molar-refractivity contribution in [3.8, 4) is 23.4 Å². The number of benzene rings is 2. The van der Waals surface area contributed by atoms with Gasteiger partial charge in [0.15, 0.2) is 11.6 Å². The normalized spacial score (nSPS) is 10.3. The summed E-state index contributed by atoms with van der Waals surface area (Å²) in [5, 5.41) is 8.88. The number of pyridine rings is 1. The Labute approximate surface area is 187 Å². The second-order valence-electron chi connectivity index (χ2n) is 7.17. The zero-order valence-electron chi connectivity index (χ0n) is 18.5. The second-order valence-corrected chi connectivity index (χ2v) is 7.17. The average Bonchev–Trinajstić information content (AvgIpc) is 2.83. The van der Waals surface area contributed by atoms with Crippen molar-refractivity contribution >= 4 is 5.82 Å². The first-order chi connectivity index (χ1) is 15.6. The minimum absolute atomic E-state index is 0.189. The lowest BCUT2D eigenvalue weighted by Crippen LogP contribution is -2.24. The minimum atomic E-state index is -0.458. The first-order valence-electron chi connectivity index (χ1n) is 10.2. The van der Waals surface area contributed by atoms with Crippen LogP contribution in [0, 0.1) is 17.1 Å². The summed E-state index contributed by atoms with van der Waals surface area (Å²) in [4.78, 5) is 6.33. The van der Waals surface area contributed by atoms with Crippen LogP contribution in [0.3, 0.4) is 0 Å². The molecule has 1 aromatic heterocycles. The van der Waals surface area contributed by atoms with E-state index in [1.165, 1.54) is 13.2 Å². The zero-order valence-corrected chi connectivity index (χ0v) is 18.5. The van der Waals surface area contributed by atoms with Crippen molar-refractivity contribution in [1.29, 1.82) is 5.26 Å². The van der Waals surface area contributed by atoms with Gasteiger partial charge in [0, 0.05) is 25.1 Å². The van der Waals surface area contributed by atoms with Gasteiger partial charge >= 0.3 is 0 Å². The van der Waals surface area contributed by atoms with E-state index in [1.807, 2.05) is 53.4 Å². The summed E-state index contributed by atoms with van der Waals surface area (Å²) in [5.74, 6) is 1.56. The topological polar surface area (TPSA) is 67.6 Å². The maximum absolute atomic E-state index is 15.2. The molecule has 0 spiro atoms. The van der Waals surface area contributed by atoms with E-state index in [0.29, 0.717) is 31.0 Å². The van der Waals surface area contributed by atoms with Crippen molar-refractivity contribution in [3.05, 3.63) is 77.1 Å². The van der Waals surface area contributed by atoms with Gasteiger partial charge in [0.2, 0.25) is 5.88 Å². The summed E-state index contributed by atoms with van der Waals surface area (Å²) in [7, 11) is 4.73. The predicted octanol–water partition coefficient (Wildman–Crippen LogP) is 4.91. The molecule has 0 saturated heterocycles. The maximum Gasteiger partial charge on any atom is 0.218 e. The number of methoxy groups -OCH3 is 3. The van der Waals surface area contributed by atoms with E-state index in [1.54, 1.807) is 14.2 Å². The van der Waals surface area contributed by atoms with Crippen molar-refractivity contribution in [2.45, 2.75) is 25.9 Å². The number of hydrogen-bond donors (Lipinski definition) is 0. The largest absolute Gasteiger partial charge is 0.497 e. The molecular formula is C25H26FN3O3. The van der Waals surface area contributed by atoms with Crippen molar-refractivity contribution in [3.63, 3.8) is 0 Å². The third kappa shape index (κ3) is 5.67. The van der Waals surface area contributed by atoms with Crippen LogP contribution in [-0.4, -0.2) is 26.3 Å². The Morgan fingerprint density at radius 2 is 1.41 bits per heavy atom. The van der Waals surface area contributed by atoms with Gasteiger partial charge in [0.05, 0.1) is 27.4 Å². The summed E-state index contributed by atoms with van der Waals surface area (Å²) in [5.41, 5.74) is 2.53. The molecule has 0 N–H and O–H groups in total. The van der Waals surface area contributed by atoms with Crippen LogP contribution in [0.4, 0.5) is 10.2 Å². The molecule has 32 heavy (non-hydrogen) atoms. The number of anilines is 1. The van der Waals surface area contributed by atoms with Crippen LogP contribution < -0.4 is 19.1 Å². The number of nitrogens with zero attached hydrogens (tertiary/aromatic N) is 3. The van der Waals surface area contributed by atoms with E-state index in [2.05, 4.69) is 11.1 Å². The molecule has 0 radical (unpaired) electrons. The number of nitriles is 1. The van der Waals surface area contributed by atoms with Gasteiger partial charge < -0.3 is 19.1 Å². The lowest BCUT2D eigenvalue weighted by Gasteiger charge is -2.25. The van der Waals surface area contributed by atoms with Crippen molar-refractivity contribution < 1.29 is 18.6 Å². The van der Waals surface area contributed by atoms with E-state index >= 15 is 4.39 Å². The van der Waals surface area contributed by atoms with Gasteiger partial charge in [-0.25, -0.2) is 4.39 Å². The fraction of sp³-hybridized carbons (Fsp3) is 0.280. The van der Waals surface area contributed by atoms with E-state index in [-0.39, 0.29) is 12.2 Å². The van der Waals surface area contributed by atoms with Crippen molar-refractivity contribution in [2.24, 2.45) is 0 Å². The number of hydrogen-bond acceptors (Lipinski definition) is 6. The molecule has 0 bridgehead atoms. The van der Waals surface area contributed by atoms with Gasteiger partial charge in [0.25, 0.3) is 0 Å². The molecule has 6 nitrogen and oxygen atoms in total. The summed E-state index contributed by atoms with van der Waals surface area (Å²) in [6.07, 6.45) is 0.638. The van der Waals surface area contributed by atoms with Crippen LogP contribution in [0.1, 0.15) is 23.1 Å². The van der Waals surface area contributed by atoms with Crippen LogP contribution in [0.15, 0.2) is 54.6 Å². The van der Waals surface area contributed by atoms with Gasteiger partial charge in [-0.05, 0) is 47.9 Å². The molecule has 0 unspecified atom stereocenters. The lowest BCUT2D eigenvalue weighted by atomic mass is 10.1. The Morgan fingerprint density at radius 1 is 0.875 bits per heavy atom. The number of halogens is 1. The van der Waals surface area contributed by atoms with Crippen LogP contribution in [0.25, 0.3) is 0 Å². The molecule has 0 aliphatic heterocycles. The quantitative estimate of drug-likeness (QED) is 0.451. The number of ether oxygens (including phenoxy) is 3. The summed E-state index contributed by atoms with van der Waals surface area (Å²) < 4.78 is 31.1. The fourth-order valence-electron chi connectivity index (χ4n) is 3.38. The van der Waals surface area contributed by atoms with Crippen LogP contribution in [0.2, 0.25) is 0 Å². The molecule has 0 aliphatic rings. The fourth-order valence-corrected chi connectivity index (χ4v) is 3.38. The predicted molar refractivity (Wildman–Crippen MR) is 121 cm³/mol. The standard InChI is InChI=1S/C25H26FN3O3/c1-30-21-10-6-18(7-11-21)16-29(17-19-8-12-22(31-2)13-9-19)24-23(26)15-20(5-4-14-27)25(28-24)32-3/h6-13,15H,4-5,16-17H2,1-3H3. The zero-order chi connectivity index (χ0) is 22.9. The van der Waals surface area contributed by atoms with Gasteiger partial charge in [0.1, 0.15) is 11.5 Å². The molecule has 2 aromatic carbocycles. The van der Waals surface area contributed by atoms with Crippen LogP contribution in [-0.2, 0) is 19.5 Å². The third-order valence-electron chi connectivity index (χ3n) is 5.06. The molecule has 166 valence electrons. The van der Waals surface area contributed by atoms with Crippen molar-refractivity contribution in [1.82, 2.24) is 4.98 Å². The molecule has 7 heteroatoms. The molecule has 0 fully saturated rings. The van der Waals surface area contributed by atoms with Gasteiger partial charge in [-0.2, -0.15) is 10.2 Å². The van der Waals surface area contributed by atoms with E-state index in [0.717, 1.165) is 22.6 Å². The summed E-state index contributed by atoms with van der Waals surface area (Å²) >= 11 is 0. The van der Waals surface area contributed by atoms with Crippen LogP contribution >= 0.6 is 0 Å². The Kier molecular flexibility index (Phi) is 7.87. The first-order valence-corrected chi connectivity index (χ1v) is 10.2. The Hall–Kier alpha value is -3.79. The van der Waals surface area contributed by atoms with E-state index in [4.69, 9.17) is 19.5 Å². The highest BCUT2D eigenvalue weighted by atomic mass is 19.1. The molecular weight excluding hydrogens is 409 g/mol. The second kappa shape index (κ2) is 11.0. The minimum Gasteiger partial charge on any atom is -0.497 e. The van der Waals surface area contributed by atoms with Crippen LogP contribution in [0.5, 0.6) is 17.4 Å². The van der Waals surface area contributed by atoms with Gasteiger partial charge in [-0.15, -0.1) is 0 Å². The maximum atomic E-state index is 15.2. The molecule has 3 rings (SSSR count). The number of aromatic nitrogens is 1. The Bertz CT molecular complexity index is 1010. The highest BCUT2D eigenvalue weighted by molar-refractivity contribution is 5.48. The smallest absolute Gasteiger partial charge is 0.218 e. The molecule has 0 atom stereocenters. The monoisotopic (exact) mass is 435 g/mol. The van der Waals surface area contributed by atoms with Crippen molar-refractivity contribution in [2.75, 3.05) is 26.2 Å². The highest BCUT2D eigenvalue weighted by Crippen LogP contribution is 2.29. The summed E-state index contributed by atoms with van der Waals surface area (Å²) in [6, 6.07) is 18.7. The first kappa shape index (κ1) is 22.9. The third-order valence-corrected chi connectivity index (χ3v) is 5.06. The lowest BCUT2D eigenvalue weighted by molar-refractivity contribution is 0.390. The van der Waals surface area contributed by atoms with Gasteiger partial charge in [-0.3, -0.25) is 0 Å². The highest BCUT2D eigenvalue weighted by Gasteiger charge is 2.19. The number of rotatable bonds is 10. The molecule has 0 amide bonds. The Morgan fingerprint density at radius 3 is 1.84 bits per heavy atom. The molecule has 0 aliphatic carbocycles. The van der Waals surface area contributed by atoms with E-state index in [9.17, 15) is 0 Å². The Balaban J connectivity index is 1.97. The summed E-state index contributed by atoms with van der Waals surface area (Å²) in [6.45, 7) is 0.862. The van der Waals surface area contributed by atoms with E-state index < -0.39 is 5.82 Å². The molecule has 1 heterocycles. The average molecular weight is 435 g/mol. The van der Waals surface area contributed by atoms with Gasteiger partial charge in [-0.1, -0.05) is 24.3 Å². The molecule has 0 saturated carbocycles. The SMILES string of the molecule is COc1ccc(CN(Cc2ccc(OC)cc2)c2nc(OC)c(CCC#N)cc2F)cc1.